The molecule has 0 aliphatic carbocycles. The number of likely N-dealkylation sites (tertiary alicyclic amines) is 2. The molecule has 0 radical (unpaired) electrons. The fraction of sp³-hybridized carbons (Fsp3) is 0.233. The predicted molar refractivity (Wildman–Crippen MR) is 205 cm³/mol. The number of hydrogen-bond acceptors (Lipinski definition) is 6. The Morgan fingerprint density at radius 3 is 1.78 bits per heavy atom. The van der Waals surface area contributed by atoms with Crippen LogP contribution in [-0.2, 0) is 9.53 Å². The lowest BCUT2D eigenvalue weighted by atomic mass is 10.0. The van der Waals surface area contributed by atoms with E-state index in [4.69, 9.17) is 4.74 Å². The Balaban J connectivity index is 0.934. The number of aromatic amines is 2. The first-order chi connectivity index (χ1) is 26.9. The fourth-order valence-corrected chi connectivity index (χ4v) is 7.66. The molecule has 3 atom stereocenters. The molecule has 2 fully saturated rings. The van der Waals surface area contributed by atoms with Crippen molar-refractivity contribution in [3.05, 3.63) is 144 Å². The highest BCUT2D eigenvalue weighted by Gasteiger charge is 2.37. The van der Waals surface area contributed by atoms with Crippen LogP contribution in [0.4, 0.5) is 9.18 Å². The zero-order valence-corrected chi connectivity index (χ0v) is 30.2. The van der Waals surface area contributed by atoms with Gasteiger partial charge in [-0.2, -0.15) is 0 Å². The van der Waals surface area contributed by atoms with Crippen LogP contribution < -0.4 is 5.32 Å². The van der Waals surface area contributed by atoms with Crippen LogP contribution in [0.3, 0.4) is 0 Å². The number of imidazole rings is 2. The number of aromatic nitrogens is 4. The van der Waals surface area contributed by atoms with Crippen molar-refractivity contribution in [1.82, 2.24) is 35.1 Å². The third kappa shape index (κ3) is 7.22. The van der Waals surface area contributed by atoms with Crippen LogP contribution in [0.1, 0.15) is 71.4 Å². The van der Waals surface area contributed by atoms with Crippen molar-refractivity contribution in [2.45, 2.75) is 43.8 Å². The number of rotatable bonds is 9. The highest BCUT2D eigenvalue weighted by atomic mass is 19.1. The molecule has 278 valence electrons. The lowest BCUT2D eigenvalue weighted by molar-refractivity contribution is -0.134. The van der Waals surface area contributed by atoms with E-state index in [0.29, 0.717) is 30.3 Å². The molecule has 4 aromatic carbocycles. The number of ether oxygens (including phenoxy) is 1. The zero-order valence-electron chi connectivity index (χ0n) is 30.2. The molecular weight excluding hydrogens is 698 g/mol. The number of nitrogens with one attached hydrogen (secondary N) is 3. The van der Waals surface area contributed by atoms with Crippen molar-refractivity contribution in [1.29, 1.82) is 0 Å². The van der Waals surface area contributed by atoms with Gasteiger partial charge in [-0.1, -0.05) is 91.0 Å². The average molecular weight is 738 g/mol. The number of halogens is 1. The molecule has 12 heteroatoms. The van der Waals surface area contributed by atoms with E-state index in [0.717, 1.165) is 59.3 Å². The number of benzene rings is 4. The summed E-state index contributed by atoms with van der Waals surface area (Å²) >= 11 is 0. The van der Waals surface area contributed by atoms with Gasteiger partial charge in [-0.15, -0.1) is 0 Å². The first kappa shape index (κ1) is 35.5. The highest BCUT2D eigenvalue weighted by molar-refractivity contribution is 5.95. The third-order valence-corrected chi connectivity index (χ3v) is 10.5. The number of amides is 3. The summed E-state index contributed by atoms with van der Waals surface area (Å²) in [6.45, 7) is 1.11. The van der Waals surface area contributed by atoms with Gasteiger partial charge in [-0.3, -0.25) is 9.59 Å². The van der Waals surface area contributed by atoms with Crippen molar-refractivity contribution in [3.63, 3.8) is 0 Å². The molecule has 4 heterocycles. The van der Waals surface area contributed by atoms with E-state index in [2.05, 4.69) is 49.5 Å². The Morgan fingerprint density at radius 1 is 0.709 bits per heavy atom. The normalized spacial score (nSPS) is 17.3. The Labute approximate surface area is 317 Å². The van der Waals surface area contributed by atoms with Crippen LogP contribution in [0.15, 0.2) is 116 Å². The molecular formula is C43H40FN7O4. The molecule has 2 aromatic heterocycles. The summed E-state index contributed by atoms with van der Waals surface area (Å²) in [4.78, 5) is 58.9. The van der Waals surface area contributed by atoms with Crippen LogP contribution in [-0.4, -0.2) is 67.8 Å². The Bertz CT molecular complexity index is 2310. The van der Waals surface area contributed by atoms with Crippen LogP contribution in [0, 0.1) is 5.82 Å². The van der Waals surface area contributed by atoms with Gasteiger partial charge in [0.25, 0.3) is 11.8 Å². The molecule has 0 saturated carbocycles. The Hall–Kier alpha value is -6.56. The number of H-pyrrole nitrogens is 2. The summed E-state index contributed by atoms with van der Waals surface area (Å²) in [5.41, 5.74) is 6.46. The van der Waals surface area contributed by atoms with Crippen molar-refractivity contribution < 1.29 is 23.5 Å². The highest BCUT2D eigenvalue weighted by Crippen LogP contribution is 2.36. The maximum Gasteiger partial charge on any atom is 0.407 e. The monoisotopic (exact) mass is 737 g/mol. The minimum Gasteiger partial charge on any atom is -0.453 e. The summed E-state index contributed by atoms with van der Waals surface area (Å²) in [7, 11) is 1.28. The third-order valence-electron chi connectivity index (χ3n) is 10.5. The van der Waals surface area contributed by atoms with E-state index in [1.54, 1.807) is 34.3 Å². The molecule has 55 heavy (non-hydrogen) atoms. The maximum atomic E-state index is 14.4. The number of carbonyl (C=O) groups excluding carboxylic acids is 3. The van der Waals surface area contributed by atoms with Gasteiger partial charge >= 0.3 is 6.09 Å². The maximum absolute atomic E-state index is 14.4. The summed E-state index contributed by atoms with van der Waals surface area (Å²) in [6, 6.07) is 30.3. The van der Waals surface area contributed by atoms with Gasteiger partial charge in [-0.25, -0.2) is 19.2 Å². The number of nitrogens with zero attached hydrogens (tertiary/aromatic N) is 4. The Kier molecular flexibility index (Phi) is 9.95. The van der Waals surface area contributed by atoms with E-state index >= 15 is 0 Å². The lowest BCUT2D eigenvalue weighted by Crippen LogP contribution is -2.42. The van der Waals surface area contributed by atoms with Gasteiger partial charge in [0, 0.05) is 13.1 Å². The number of alkyl carbamates (subject to hydrolysis) is 1. The lowest BCUT2D eigenvalue weighted by Gasteiger charge is -2.28. The van der Waals surface area contributed by atoms with Gasteiger partial charge in [0.05, 0.1) is 48.5 Å². The first-order valence-electron chi connectivity index (χ1n) is 18.4. The summed E-state index contributed by atoms with van der Waals surface area (Å²) in [6.07, 6.45) is 6.05. The minimum atomic E-state index is -0.879. The van der Waals surface area contributed by atoms with Crippen molar-refractivity contribution in [2.24, 2.45) is 0 Å². The molecule has 8 rings (SSSR count). The quantitative estimate of drug-likeness (QED) is 0.138. The SMILES string of the molecule is COC(=O)N[C@@H](C(=O)N1CCC[C@H]1c1ncc(-c2ccc(-c3ccc(-c4cnc([C@@H]5CCCN5C(=O)c5ccccc5F)[nH]4)cc3)cc2)[nH]1)c1ccccc1. The van der Waals surface area contributed by atoms with Crippen molar-refractivity contribution in [3.8, 4) is 33.6 Å². The molecule has 3 amide bonds. The molecule has 2 aliphatic heterocycles. The van der Waals surface area contributed by atoms with Crippen molar-refractivity contribution >= 4 is 17.9 Å². The fourth-order valence-electron chi connectivity index (χ4n) is 7.66. The molecule has 3 N–H and O–H groups in total. The summed E-state index contributed by atoms with van der Waals surface area (Å²) in [5.74, 6) is 0.338. The predicted octanol–water partition coefficient (Wildman–Crippen LogP) is 8.01. The number of methoxy groups -OCH3 is 1. The van der Waals surface area contributed by atoms with E-state index in [-0.39, 0.29) is 29.5 Å². The summed E-state index contributed by atoms with van der Waals surface area (Å²) < 4.78 is 19.2. The van der Waals surface area contributed by atoms with Crippen LogP contribution in [0.5, 0.6) is 0 Å². The second-order valence-electron chi connectivity index (χ2n) is 13.8. The second kappa shape index (κ2) is 15.4. The first-order valence-corrected chi connectivity index (χ1v) is 18.4. The molecule has 0 bridgehead atoms. The van der Waals surface area contributed by atoms with Crippen LogP contribution >= 0.6 is 0 Å². The van der Waals surface area contributed by atoms with E-state index in [9.17, 15) is 18.8 Å². The van der Waals surface area contributed by atoms with Gasteiger partial charge in [0.2, 0.25) is 0 Å². The molecule has 11 nitrogen and oxygen atoms in total. The van der Waals surface area contributed by atoms with E-state index in [1.807, 2.05) is 54.6 Å². The van der Waals surface area contributed by atoms with Gasteiger partial charge in [0.15, 0.2) is 0 Å². The second-order valence-corrected chi connectivity index (χ2v) is 13.8. The topological polar surface area (TPSA) is 136 Å². The van der Waals surface area contributed by atoms with Crippen LogP contribution in [0.2, 0.25) is 0 Å². The molecule has 6 aromatic rings. The minimum absolute atomic E-state index is 0.0770. The van der Waals surface area contributed by atoms with Gasteiger partial charge < -0.3 is 29.8 Å². The van der Waals surface area contributed by atoms with E-state index in [1.165, 1.54) is 19.2 Å². The smallest absolute Gasteiger partial charge is 0.407 e. The molecule has 2 saturated heterocycles. The number of carbonyl (C=O) groups is 3. The number of hydrogen-bond donors (Lipinski definition) is 3. The van der Waals surface area contributed by atoms with Crippen molar-refractivity contribution in [2.75, 3.05) is 20.2 Å². The van der Waals surface area contributed by atoms with E-state index < -0.39 is 18.0 Å². The average Bonchev–Trinajstić information content (AvgIpc) is 4.07. The molecule has 0 spiro atoms. The standard InChI is InChI=1S/C43H40FN7O4/c1-55-43(54)49-38(31-9-3-2-4-10-31)42(53)51-24-8-14-37(51)40-46-26-35(48-40)30-21-17-28(18-22-30)27-15-19-29(20-16-27)34-25-45-39(47-34)36-13-7-23-50(36)41(52)32-11-5-6-12-33(32)44/h2-6,9-12,15-22,25-26,36-38H,7-8,13-14,23-24H2,1H3,(H,45,47)(H,46,48)(H,49,54)/t36-,37-,38+/m0/s1. The zero-order chi connectivity index (χ0) is 37.9. The van der Waals surface area contributed by atoms with Gasteiger partial charge in [0.1, 0.15) is 23.5 Å². The van der Waals surface area contributed by atoms with Gasteiger partial charge in [-0.05, 0) is 65.6 Å². The molecule has 2 aliphatic rings. The van der Waals surface area contributed by atoms with Crippen LogP contribution in [0.25, 0.3) is 33.6 Å². The summed E-state index contributed by atoms with van der Waals surface area (Å²) in [5, 5.41) is 2.71. The Morgan fingerprint density at radius 2 is 1.22 bits per heavy atom. The molecule has 0 unspecified atom stereocenters. The largest absolute Gasteiger partial charge is 0.453 e.